The Kier molecular flexibility index (Phi) is 4.47. The lowest BCUT2D eigenvalue weighted by atomic mass is 10.3. The molecule has 0 radical (unpaired) electrons. The molecule has 1 atom stereocenters. The Morgan fingerprint density at radius 3 is 2.94 bits per heavy atom. The average Bonchev–Trinajstić information content (AvgIpc) is 2.66. The molecule has 0 spiro atoms. The smallest absolute Gasteiger partial charge is 0.413 e. The summed E-state index contributed by atoms with van der Waals surface area (Å²) in [6, 6.07) is 0.763. The molecule has 0 aliphatic carbocycles. The second-order valence-corrected chi connectivity index (χ2v) is 3.64. The van der Waals surface area contributed by atoms with Crippen LogP contribution in [0.5, 0.6) is 0 Å². The monoisotopic (exact) mass is 253 g/mol. The van der Waals surface area contributed by atoms with Crippen LogP contribution < -0.4 is 5.32 Å². The molecule has 0 aliphatic rings. The van der Waals surface area contributed by atoms with Gasteiger partial charge in [0.2, 0.25) is 0 Å². The first-order chi connectivity index (χ1) is 8.45. The first-order valence-corrected chi connectivity index (χ1v) is 5.29. The van der Waals surface area contributed by atoms with E-state index in [-0.39, 0.29) is 12.4 Å². The predicted octanol–water partition coefficient (Wildman–Crippen LogP) is 1.57. The van der Waals surface area contributed by atoms with E-state index in [1.165, 1.54) is 17.7 Å². The van der Waals surface area contributed by atoms with Crippen molar-refractivity contribution in [2.45, 2.75) is 19.9 Å². The molecule has 0 aromatic carbocycles. The number of hydrogen-bond donors (Lipinski definition) is 2. The predicted molar refractivity (Wildman–Crippen MR) is 64.5 cm³/mol. The molecule has 1 heterocycles. The third-order valence-electron chi connectivity index (χ3n) is 2.21. The summed E-state index contributed by atoms with van der Waals surface area (Å²) in [7, 11) is 0. The third-order valence-corrected chi connectivity index (χ3v) is 2.21. The molecule has 0 saturated heterocycles. The van der Waals surface area contributed by atoms with Gasteiger partial charge in [0.15, 0.2) is 5.82 Å². The van der Waals surface area contributed by atoms with E-state index in [9.17, 15) is 9.59 Å². The second-order valence-electron chi connectivity index (χ2n) is 3.64. The molecular weight excluding hydrogens is 238 g/mol. The number of nitrogens with zero attached hydrogens (tertiary/aromatic N) is 2. The number of nitrogens with one attached hydrogen (secondary N) is 1. The molecule has 0 fully saturated rings. The number of amides is 1. The highest BCUT2D eigenvalue weighted by molar-refractivity contribution is 5.83. The molecule has 7 heteroatoms. The topological polar surface area (TPSA) is 93.5 Å². The Morgan fingerprint density at radius 1 is 1.72 bits per heavy atom. The van der Waals surface area contributed by atoms with Gasteiger partial charge in [-0.25, -0.2) is 9.59 Å². The number of aryl methyl sites for hydroxylation is 1. The van der Waals surface area contributed by atoms with Gasteiger partial charge in [0, 0.05) is 11.8 Å². The number of carboxylic acids is 1. The number of hydrogen-bond acceptors (Lipinski definition) is 4. The molecule has 1 unspecified atom stereocenters. The van der Waals surface area contributed by atoms with Crippen LogP contribution in [0, 0.1) is 6.92 Å². The average molecular weight is 253 g/mol. The Morgan fingerprint density at radius 2 is 2.39 bits per heavy atom. The Labute approximate surface area is 104 Å². The van der Waals surface area contributed by atoms with Gasteiger partial charge < -0.3 is 9.84 Å². The number of ether oxygens (including phenoxy) is 1. The van der Waals surface area contributed by atoms with Crippen molar-refractivity contribution in [2.75, 3.05) is 11.9 Å². The van der Waals surface area contributed by atoms with Gasteiger partial charge in [-0.05, 0) is 13.8 Å². The fraction of sp³-hybridized carbons (Fsp3) is 0.364. The van der Waals surface area contributed by atoms with E-state index in [0.29, 0.717) is 5.69 Å². The van der Waals surface area contributed by atoms with Crippen LogP contribution in [0.15, 0.2) is 18.7 Å². The van der Waals surface area contributed by atoms with Crippen LogP contribution in [0.3, 0.4) is 0 Å². The highest BCUT2D eigenvalue weighted by Gasteiger charge is 2.17. The number of rotatable bonds is 5. The van der Waals surface area contributed by atoms with Crippen LogP contribution in [0.25, 0.3) is 0 Å². The molecule has 0 aliphatic heterocycles. The normalized spacial score (nSPS) is 11.7. The SMILES string of the molecule is C=CCOC(=O)Nc1cc(C)n(C(C)C(=O)O)n1. The van der Waals surface area contributed by atoms with Gasteiger partial charge in [-0.2, -0.15) is 5.10 Å². The Hall–Kier alpha value is -2.31. The van der Waals surface area contributed by atoms with Crippen molar-refractivity contribution in [3.8, 4) is 0 Å². The highest BCUT2D eigenvalue weighted by Crippen LogP contribution is 2.14. The second kappa shape index (κ2) is 5.85. The van der Waals surface area contributed by atoms with Gasteiger partial charge >= 0.3 is 12.1 Å². The minimum Gasteiger partial charge on any atom is -0.480 e. The van der Waals surface area contributed by atoms with E-state index in [0.717, 1.165) is 0 Å². The lowest BCUT2D eigenvalue weighted by Crippen LogP contribution is -2.19. The number of anilines is 1. The van der Waals surface area contributed by atoms with Crippen LogP contribution in [-0.2, 0) is 9.53 Å². The van der Waals surface area contributed by atoms with Crippen LogP contribution in [0.2, 0.25) is 0 Å². The zero-order valence-corrected chi connectivity index (χ0v) is 10.2. The standard InChI is InChI=1S/C11H15N3O4/c1-4-5-18-11(17)12-9-6-7(2)14(13-9)8(3)10(15)16/h4,6,8H,1,5H2,2-3H3,(H,15,16)(H,12,13,17). The minimum absolute atomic E-state index is 0.0943. The fourth-order valence-electron chi connectivity index (χ4n) is 1.32. The van der Waals surface area contributed by atoms with E-state index in [2.05, 4.69) is 17.0 Å². The van der Waals surface area contributed by atoms with Crippen LogP contribution in [0.1, 0.15) is 18.7 Å². The molecule has 0 saturated carbocycles. The molecule has 98 valence electrons. The largest absolute Gasteiger partial charge is 0.480 e. The molecule has 2 N–H and O–H groups in total. The number of carbonyl (C=O) groups is 2. The fourth-order valence-corrected chi connectivity index (χ4v) is 1.32. The highest BCUT2D eigenvalue weighted by atomic mass is 16.5. The van der Waals surface area contributed by atoms with Gasteiger partial charge in [0.25, 0.3) is 0 Å². The van der Waals surface area contributed by atoms with E-state index >= 15 is 0 Å². The zero-order chi connectivity index (χ0) is 13.7. The van der Waals surface area contributed by atoms with Gasteiger partial charge in [0.05, 0.1) is 0 Å². The summed E-state index contributed by atoms with van der Waals surface area (Å²) in [5.74, 6) is -0.753. The summed E-state index contributed by atoms with van der Waals surface area (Å²) in [4.78, 5) is 22.1. The van der Waals surface area contributed by atoms with E-state index in [1.807, 2.05) is 0 Å². The van der Waals surface area contributed by atoms with Crippen molar-refractivity contribution >= 4 is 17.9 Å². The van der Waals surface area contributed by atoms with E-state index in [4.69, 9.17) is 9.84 Å². The number of aliphatic carboxylic acids is 1. The van der Waals surface area contributed by atoms with E-state index < -0.39 is 18.1 Å². The van der Waals surface area contributed by atoms with Crippen molar-refractivity contribution in [3.05, 3.63) is 24.4 Å². The number of aromatic nitrogens is 2. The maximum atomic E-state index is 11.2. The molecule has 1 amide bonds. The van der Waals surface area contributed by atoms with Crippen molar-refractivity contribution in [2.24, 2.45) is 0 Å². The summed E-state index contributed by atoms with van der Waals surface area (Å²) in [5, 5.41) is 15.3. The maximum absolute atomic E-state index is 11.2. The van der Waals surface area contributed by atoms with Gasteiger partial charge in [-0.1, -0.05) is 12.7 Å². The Balaban J connectivity index is 2.75. The van der Waals surface area contributed by atoms with Crippen molar-refractivity contribution in [1.82, 2.24) is 9.78 Å². The summed E-state index contributed by atoms with van der Waals surface area (Å²) in [5.41, 5.74) is 0.629. The van der Waals surface area contributed by atoms with Crippen molar-refractivity contribution in [1.29, 1.82) is 0 Å². The molecule has 1 aromatic rings. The maximum Gasteiger partial charge on any atom is 0.413 e. The Bertz CT molecular complexity index is 467. The number of carbonyl (C=O) groups excluding carboxylic acids is 1. The van der Waals surface area contributed by atoms with E-state index in [1.54, 1.807) is 13.0 Å². The van der Waals surface area contributed by atoms with Gasteiger partial charge in [0.1, 0.15) is 12.6 Å². The summed E-state index contributed by atoms with van der Waals surface area (Å²) >= 11 is 0. The number of carboxylic acid groups (broad SMARTS) is 1. The van der Waals surface area contributed by atoms with Crippen molar-refractivity contribution in [3.63, 3.8) is 0 Å². The molecule has 1 rings (SSSR count). The summed E-state index contributed by atoms with van der Waals surface area (Å²) in [6.07, 6.45) is 0.776. The molecule has 0 bridgehead atoms. The van der Waals surface area contributed by atoms with Crippen LogP contribution in [0.4, 0.5) is 10.6 Å². The summed E-state index contributed by atoms with van der Waals surface area (Å²) in [6.45, 7) is 6.71. The zero-order valence-electron chi connectivity index (χ0n) is 10.2. The first kappa shape index (κ1) is 13.8. The van der Waals surface area contributed by atoms with Gasteiger partial charge in [-0.3, -0.25) is 10.00 Å². The lowest BCUT2D eigenvalue weighted by molar-refractivity contribution is -0.140. The van der Waals surface area contributed by atoms with Crippen LogP contribution in [-0.4, -0.2) is 33.6 Å². The quantitative estimate of drug-likeness (QED) is 0.777. The van der Waals surface area contributed by atoms with Crippen molar-refractivity contribution < 1.29 is 19.4 Å². The molecule has 18 heavy (non-hydrogen) atoms. The molecule has 1 aromatic heterocycles. The summed E-state index contributed by atoms with van der Waals surface area (Å²) < 4.78 is 6.03. The molecular formula is C11H15N3O4. The lowest BCUT2D eigenvalue weighted by Gasteiger charge is -2.08. The molecule has 7 nitrogen and oxygen atoms in total. The third kappa shape index (κ3) is 3.34. The minimum atomic E-state index is -0.998. The van der Waals surface area contributed by atoms with Gasteiger partial charge in [-0.15, -0.1) is 0 Å². The first-order valence-electron chi connectivity index (χ1n) is 5.29. The van der Waals surface area contributed by atoms with Crippen LogP contribution >= 0.6 is 0 Å².